The van der Waals surface area contributed by atoms with E-state index in [1.54, 1.807) is 0 Å². The normalized spacial score (nSPS) is 13.4. The summed E-state index contributed by atoms with van der Waals surface area (Å²) in [6.07, 6.45) is 90.7. The number of esters is 2. The van der Waals surface area contributed by atoms with Gasteiger partial charge in [-0.1, -0.05) is 357 Å². The molecule has 0 radical (unpaired) electrons. The van der Waals surface area contributed by atoms with E-state index < -0.39 is 26.5 Å². The summed E-state index contributed by atoms with van der Waals surface area (Å²) in [5, 5.41) is 0. The van der Waals surface area contributed by atoms with E-state index in [0.29, 0.717) is 23.9 Å². The van der Waals surface area contributed by atoms with Crippen LogP contribution in [-0.4, -0.2) is 74.9 Å². The van der Waals surface area contributed by atoms with Crippen LogP contribution in [0.2, 0.25) is 0 Å². The zero-order chi connectivity index (χ0) is 63.4. The third kappa shape index (κ3) is 72.6. The van der Waals surface area contributed by atoms with E-state index >= 15 is 0 Å². The molecule has 0 aromatic rings. The maximum atomic E-state index is 12.9. The summed E-state index contributed by atoms with van der Waals surface area (Å²) in [5.41, 5.74) is 0. The van der Waals surface area contributed by atoms with Crippen molar-refractivity contribution < 1.29 is 42.1 Å². The van der Waals surface area contributed by atoms with Gasteiger partial charge in [-0.2, -0.15) is 0 Å². The molecule has 0 heterocycles. The van der Waals surface area contributed by atoms with Crippen LogP contribution < -0.4 is 0 Å². The Labute approximate surface area is 540 Å². The number of phosphoric ester groups is 1. The van der Waals surface area contributed by atoms with Gasteiger partial charge in [0.15, 0.2) is 6.10 Å². The fourth-order valence-electron chi connectivity index (χ4n) is 11.1. The average molecular weight is 1240 g/mol. The number of allylic oxidation sites excluding steroid dienone is 10. The third-order valence-corrected chi connectivity index (χ3v) is 17.8. The summed E-state index contributed by atoms with van der Waals surface area (Å²) < 4.78 is 34.8. The second-order valence-corrected chi connectivity index (χ2v) is 28.1. The summed E-state index contributed by atoms with van der Waals surface area (Å²) in [6.45, 7) is 4.39. The molecule has 2 unspecified atom stereocenters. The molecule has 0 aliphatic rings. The lowest BCUT2D eigenvalue weighted by molar-refractivity contribution is -0.870. The molecule has 0 aliphatic carbocycles. The summed E-state index contributed by atoms with van der Waals surface area (Å²) in [6, 6.07) is 0. The monoisotopic (exact) mass is 1240 g/mol. The van der Waals surface area contributed by atoms with E-state index in [1.165, 1.54) is 270 Å². The average Bonchev–Trinajstić information content (AvgIpc) is 3.50. The van der Waals surface area contributed by atoms with Crippen LogP contribution in [0.4, 0.5) is 0 Å². The van der Waals surface area contributed by atoms with E-state index in [1.807, 2.05) is 21.1 Å². The Morgan fingerprint density at radius 2 is 0.655 bits per heavy atom. The molecular formula is C77H145NO8P+. The van der Waals surface area contributed by atoms with Crippen LogP contribution in [0.15, 0.2) is 60.8 Å². The summed E-state index contributed by atoms with van der Waals surface area (Å²) in [7, 11) is 1.50. The van der Waals surface area contributed by atoms with Gasteiger partial charge in [-0.3, -0.25) is 18.6 Å². The lowest BCUT2D eigenvalue weighted by atomic mass is 10.0. The topological polar surface area (TPSA) is 108 Å². The molecule has 0 bridgehead atoms. The van der Waals surface area contributed by atoms with Gasteiger partial charge >= 0.3 is 19.8 Å². The predicted molar refractivity (Wildman–Crippen MR) is 376 cm³/mol. The maximum absolute atomic E-state index is 12.9. The Kier molecular flexibility index (Phi) is 66.3. The minimum atomic E-state index is -4.39. The highest BCUT2D eigenvalue weighted by molar-refractivity contribution is 7.47. The molecule has 0 fully saturated rings. The van der Waals surface area contributed by atoms with Gasteiger partial charge < -0.3 is 18.9 Å². The number of phosphoric acid groups is 1. The van der Waals surface area contributed by atoms with Gasteiger partial charge in [-0.25, -0.2) is 4.57 Å². The maximum Gasteiger partial charge on any atom is 0.472 e. The molecule has 0 saturated carbocycles. The van der Waals surface area contributed by atoms with Crippen molar-refractivity contribution in [3.05, 3.63) is 60.8 Å². The van der Waals surface area contributed by atoms with Crippen LogP contribution >= 0.6 is 7.82 Å². The summed E-state index contributed by atoms with van der Waals surface area (Å²) >= 11 is 0. The van der Waals surface area contributed by atoms with Crippen molar-refractivity contribution in [2.45, 2.75) is 373 Å². The Morgan fingerprint density at radius 3 is 0.977 bits per heavy atom. The van der Waals surface area contributed by atoms with Gasteiger partial charge in [-0.05, 0) is 57.8 Å². The molecule has 0 aliphatic heterocycles. The van der Waals surface area contributed by atoms with Gasteiger partial charge in [0.25, 0.3) is 0 Å². The molecule has 9 nitrogen and oxygen atoms in total. The van der Waals surface area contributed by atoms with Crippen LogP contribution in [0, 0.1) is 0 Å². The number of hydrogen-bond donors (Lipinski definition) is 1. The van der Waals surface area contributed by atoms with Crippen molar-refractivity contribution in [1.29, 1.82) is 0 Å². The third-order valence-electron chi connectivity index (χ3n) is 16.8. The first-order valence-electron chi connectivity index (χ1n) is 37.5. The number of quaternary nitrogens is 1. The molecule has 87 heavy (non-hydrogen) atoms. The van der Waals surface area contributed by atoms with Gasteiger partial charge in [0.05, 0.1) is 27.7 Å². The molecule has 0 spiro atoms. The fraction of sp³-hybridized carbons (Fsp3) is 0.844. The fourth-order valence-corrected chi connectivity index (χ4v) is 11.8. The highest BCUT2D eigenvalue weighted by Crippen LogP contribution is 2.43. The standard InChI is InChI=1S/C77H144NO8P/c1-6-8-10-12-14-16-18-20-22-24-26-28-30-31-32-33-34-35-36-37-38-39-40-41-42-43-44-45-46-47-48-50-52-54-56-58-60-62-64-66-68-70-77(80)86-75(74-85-87(81,82)84-72-71-78(3,4)5)73-83-76(79)69-67-65-63-61-59-57-55-53-51-49-29-27-25-23-21-19-17-15-13-11-9-7-2/h8,10,14,16,20,22,26,28,31-32,75H,6-7,9,11-13,15,17-19,21,23-25,27,29-30,33-74H2,1-5H3/p+1/b10-8-,16-14-,22-20-,28-26-,32-31-. The molecule has 0 saturated heterocycles. The van der Waals surface area contributed by atoms with Gasteiger partial charge in [0, 0.05) is 12.8 Å². The Morgan fingerprint density at radius 1 is 0.368 bits per heavy atom. The minimum absolute atomic E-state index is 0.0349. The van der Waals surface area contributed by atoms with E-state index in [4.69, 9.17) is 18.5 Å². The zero-order valence-electron chi connectivity index (χ0n) is 58.3. The SMILES string of the molecule is CC/C=C\C/C=C\C/C=C\C/C=C\C/C=C\CCCCCCCCCCCCCCCCCCCCCCCCCCCC(=O)OC(COC(=O)CCCCCCCCCCCCCCCCCCCCCCCC)COP(=O)(O)OCC[N+](C)(C)C. The number of nitrogens with zero attached hydrogens (tertiary/aromatic N) is 1. The quantitative estimate of drug-likeness (QED) is 0.0211. The first-order chi connectivity index (χ1) is 42.5. The Balaban J connectivity index is 3.89. The van der Waals surface area contributed by atoms with Crippen LogP contribution in [0.25, 0.3) is 0 Å². The van der Waals surface area contributed by atoms with Crippen LogP contribution in [-0.2, 0) is 32.7 Å². The minimum Gasteiger partial charge on any atom is -0.462 e. The van der Waals surface area contributed by atoms with Gasteiger partial charge in [0.1, 0.15) is 19.8 Å². The smallest absolute Gasteiger partial charge is 0.462 e. The first kappa shape index (κ1) is 84.7. The number of likely N-dealkylation sites (N-methyl/N-ethyl adjacent to an activating group) is 1. The molecule has 10 heteroatoms. The second-order valence-electron chi connectivity index (χ2n) is 26.7. The van der Waals surface area contributed by atoms with Gasteiger partial charge in [-0.15, -0.1) is 0 Å². The number of hydrogen-bond acceptors (Lipinski definition) is 7. The van der Waals surface area contributed by atoms with Crippen molar-refractivity contribution in [2.75, 3.05) is 47.5 Å². The largest absolute Gasteiger partial charge is 0.472 e. The second kappa shape index (κ2) is 68.1. The van der Waals surface area contributed by atoms with Crippen molar-refractivity contribution in [3.8, 4) is 0 Å². The van der Waals surface area contributed by atoms with Crippen molar-refractivity contribution >= 4 is 19.8 Å². The number of carbonyl (C=O) groups excluding carboxylic acids is 2. The Bertz CT molecular complexity index is 1650. The Hall–Kier alpha value is -2.29. The van der Waals surface area contributed by atoms with E-state index in [2.05, 4.69) is 74.6 Å². The van der Waals surface area contributed by atoms with E-state index in [-0.39, 0.29) is 25.6 Å². The van der Waals surface area contributed by atoms with Crippen LogP contribution in [0.5, 0.6) is 0 Å². The highest BCUT2D eigenvalue weighted by Gasteiger charge is 2.27. The van der Waals surface area contributed by atoms with Crippen molar-refractivity contribution in [3.63, 3.8) is 0 Å². The lowest BCUT2D eigenvalue weighted by Gasteiger charge is -2.24. The number of carbonyl (C=O) groups is 2. The molecule has 0 aromatic heterocycles. The molecule has 2 atom stereocenters. The van der Waals surface area contributed by atoms with Crippen molar-refractivity contribution in [1.82, 2.24) is 0 Å². The summed E-state index contributed by atoms with van der Waals surface area (Å²) in [5.74, 6) is -0.773. The number of ether oxygens (including phenoxy) is 2. The molecule has 0 rings (SSSR count). The molecule has 0 aromatic carbocycles. The number of rotatable bonds is 70. The van der Waals surface area contributed by atoms with E-state index in [9.17, 15) is 19.0 Å². The summed E-state index contributed by atoms with van der Waals surface area (Å²) in [4.78, 5) is 35.9. The van der Waals surface area contributed by atoms with Crippen molar-refractivity contribution in [2.24, 2.45) is 0 Å². The first-order valence-corrected chi connectivity index (χ1v) is 39.0. The highest BCUT2D eigenvalue weighted by atomic mass is 31.2. The number of unbranched alkanes of at least 4 members (excludes halogenated alkanes) is 46. The van der Waals surface area contributed by atoms with Crippen LogP contribution in [0.3, 0.4) is 0 Å². The zero-order valence-corrected chi connectivity index (χ0v) is 59.2. The van der Waals surface area contributed by atoms with E-state index in [0.717, 1.165) is 64.2 Å². The molecular weight excluding hydrogens is 1100 g/mol. The predicted octanol–water partition coefficient (Wildman–Crippen LogP) is 24.6. The van der Waals surface area contributed by atoms with Crippen LogP contribution in [0.1, 0.15) is 367 Å². The van der Waals surface area contributed by atoms with Gasteiger partial charge in [0.2, 0.25) is 0 Å². The molecule has 1 N–H and O–H groups in total. The molecule has 0 amide bonds. The lowest BCUT2D eigenvalue weighted by Crippen LogP contribution is -2.37. The molecule has 510 valence electrons.